The molecule has 0 aliphatic carbocycles. The molecule has 2 rings (SSSR count). The summed E-state index contributed by atoms with van der Waals surface area (Å²) in [5.41, 5.74) is 7.84. The SMILES string of the molecule is C=C[C@@H](N)c1oc2ccccc2c1C. The van der Waals surface area contributed by atoms with Crippen molar-refractivity contribution in [3.05, 3.63) is 48.2 Å². The molecule has 72 valence electrons. The average molecular weight is 187 g/mol. The Balaban J connectivity index is 2.68. The van der Waals surface area contributed by atoms with Gasteiger partial charge in [-0.05, 0) is 13.0 Å². The van der Waals surface area contributed by atoms with E-state index in [1.807, 2.05) is 31.2 Å². The van der Waals surface area contributed by atoms with Crippen LogP contribution >= 0.6 is 0 Å². The van der Waals surface area contributed by atoms with Crippen molar-refractivity contribution >= 4 is 11.0 Å². The number of para-hydroxylation sites is 1. The summed E-state index contributed by atoms with van der Waals surface area (Å²) in [5.74, 6) is 0.807. The van der Waals surface area contributed by atoms with Crippen LogP contribution in [0.4, 0.5) is 0 Å². The zero-order valence-electron chi connectivity index (χ0n) is 8.16. The number of furan rings is 1. The molecule has 2 N–H and O–H groups in total. The summed E-state index contributed by atoms with van der Waals surface area (Å²) in [4.78, 5) is 0. The van der Waals surface area contributed by atoms with Gasteiger partial charge in [0.25, 0.3) is 0 Å². The fraction of sp³-hybridized carbons (Fsp3) is 0.167. The summed E-state index contributed by atoms with van der Waals surface area (Å²) in [6.45, 7) is 5.68. The third-order valence-corrected chi connectivity index (χ3v) is 2.44. The number of hydrogen-bond donors (Lipinski definition) is 1. The van der Waals surface area contributed by atoms with Crippen molar-refractivity contribution in [2.24, 2.45) is 5.73 Å². The number of benzene rings is 1. The lowest BCUT2D eigenvalue weighted by molar-refractivity contribution is 0.526. The molecular weight excluding hydrogens is 174 g/mol. The van der Waals surface area contributed by atoms with E-state index in [0.29, 0.717) is 0 Å². The van der Waals surface area contributed by atoms with E-state index in [0.717, 1.165) is 22.3 Å². The molecule has 1 heterocycles. The quantitative estimate of drug-likeness (QED) is 0.734. The summed E-state index contributed by atoms with van der Waals surface area (Å²) in [6, 6.07) is 7.71. The highest BCUT2D eigenvalue weighted by Crippen LogP contribution is 2.28. The van der Waals surface area contributed by atoms with Crippen molar-refractivity contribution in [2.75, 3.05) is 0 Å². The second-order valence-corrected chi connectivity index (χ2v) is 3.35. The van der Waals surface area contributed by atoms with Crippen LogP contribution in [0.5, 0.6) is 0 Å². The van der Waals surface area contributed by atoms with Gasteiger partial charge in [-0.1, -0.05) is 24.3 Å². The molecule has 0 spiro atoms. The molecular formula is C12H13NO. The molecule has 1 aromatic heterocycles. The average Bonchev–Trinajstić information content (AvgIpc) is 2.56. The third-order valence-electron chi connectivity index (χ3n) is 2.44. The molecule has 0 saturated carbocycles. The van der Waals surface area contributed by atoms with Crippen LogP contribution in [0.3, 0.4) is 0 Å². The van der Waals surface area contributed by atoms with E-state index >= 15 is 0 Å². The van der Waals surface area contributed by atoms with Crippen molar-refractivity contribution in [1.82, 2.24) is 0 Å². The van der Waals surface area contributed by atoms with Crippen LogP contribution in [0.1, 0.15) is 17.4 Å². The van der Waals surface area contributed by atoms with Gasteiger partial charge in [-0.3, -0.25) is 0 Å². The van der Waals surface area contributed by atoms with Crippen molar-refractivity contribution in [3.8, 4) is 0 Å². The molecule has 0 aliphatic rings. The Kier molecular flexibility index (Phi) is 2.14. The molecule has 1 atom stereocenters. The highest BCUT2D eigenvalue weighted by molar-refractivity contribution is 5.82. The van der Waals surface area contributed by atoms with Gasteiger partial charge in [-0.2, -0.15) is 0 Å². The van der Waals surface area contributed by atoms with Crippen LogP contribution in [0, 0.1) is 6.92 Å². The number of rotatable bonds is 2. The highest BCUT2D eigenvalue weighted by Gasteiger charge is 2.13. The summed E-state index contributed by atoms with van der Waals surface area (Å²) < 4.78 is 5.66. The molecule has 0 unspecified atom stereocenters. The normalized spacial score (nSPS) is 13.0. The van der Waals surface area contributed by atoms with Crippen LogP contribution in [0.25, 0.3) is 11.0 Å². The molecule has 0 amide bonds. The molecule has 2 nitrogen and oxygen atoms in total. The minimum Gasteiger partial charge on any atom is -0.459 e. The minimum absolute atomic E-state index is 0.220. The Hall–Kier alpha value is -1.54. The number of fused-ring (bicyclic) bond motifs is 1. The molecule has 0 fully saturated rings. The summed E-state index contributed by atoms with van der Waals surface area (Å²) in [6.07, 6.45) is 1.69. The fourth-order valence-electron chi connectivity index (χ4n) is 1.62. The Morgan fingerprint density at radius 3 is 2.79 bits per heavy atom. The first kappa shape index (κ1) is 9.03. The second-order valence-electron chi connectivity index (χ2n) is 3.35. The molecule has 0 saturated heterocycles. The topological polar surface area (TPSA) is 39.2 Å². The first-order valence-electron chi connectivity index (χ1n) is 4.60. The maximum atomic E-state index is 5.85. The van der Waals surface area contributed by atoms with E-state index in [1.54, 1.807) is 6.08 Å². The van der Waals surface area contributed by atoms with Crippen molar-refractivity contribution < 1.29 is 4.42 Å². The number of nitrogens with two attached hydrogens (primary N) is 1. The van der Waals surface area contributed by atoms with Gasteiger partial charge in [-0.25, -0.2) is 0 Å². The summed E-state index contributed by atoms with van der Waals surface area (Å²) >= 11 is 0. The standard InChI is InChI=1S/C12H13NO/c1-3-10(13)12-8(2)9-6-4-5-7-11(9)14-12/h3-7,10H,1,13H2,2H3/t10-/m1/s1. The lowest BCUT2D eigenvalue weighted by Gasteiger charge is -2.01. The van der Waals surface area contributed by atoms with Gasteiger partial charge in [0.05, 0.1) is 6.04 Å². The molecule has 0 aliphatic heterocycles. The fourth-order valence-corrected chi connectivity index (χ4v) is 1.62. The predicted molar refractivity (Wildman–Crippen MR) is 58.1 cm³/mol. The van der Waals surface area contributed by atoms with Gasteiger partial charge in [0.2, 0.25) is 0 Å². The van der Waals surface area contributed by atoms with E-state index < -0.39 is 0 Å². The lowest BCUT2D eigenvalue weighted by Crippen LogP contribution is -2.06. The van der Waals surface area contributed by atoms with E-state index in [9.17, 15) is 0 Å². The van der Waals surface area contributed by atoms with Gasteiger partial charge >= 0.3 is 0 Å². The molecule has 1 aromatic carbocycles. The highest BCUT2D eigenvalue weighted by atomic mass is 16.3. The smallest absolute Gasteiger partial charge is 0.134 e. The van der Waals surface area contributed by atoms with Crippen molar-refractivity contribution in [1.29, 1.82) is 0 Å². The van der Waals surface area contributed by atoms with Gasteiger partial charge in [0, 0.05) is 10.9 Å². The van der Waals surface area contributed by atoms with Crippen molar-refractivity contribution in [2.45, 2.75) is 13.0 Å². The molecule has 2 heteroatoms. The first-order valence-corrected chi connectivity index (χ1v) is 4.60. The molecule has 14 heavy (non-hydrogen) atoms. The minimum atomic E-state index is -0.220. The van der Waals surface area contributed by atoms with Crippen LogP contribution in [0.2, 0.25) is 0 Å². The maximum Gasteiger partial charge on any atom is 0.134 e. The summed E-state index contributed by atoms with van der Waals surface area (Å²) in [7, 11) is 0. The lowest BCUT2D eigenvalue weighted by atomic mass is 10.1. The number of aryl methyl sites for hydroxylation is 1. The van der Waals surface area contributed by atoms with E-state index in [1.165, 1.54) is 0 Å². The molecule has 0 radical (unpaired) electrons. The summed E-state index contributed by atoms with van der Waals surface area (Å²) in [5, 5.41) is 1.12. The Labute approximate surface area is 83.0 Å². The van der Waals surface area contributed by atoms with Gasteiger partial charge in [0.1, 0.15) is 11.3 Å². The third kappa shape index (κ3) is 1.24. The van der Waals surface area contributed by atoms with Gasteiger partial charge in [0.15, 0.2) is 0 Å². The van der Waals surface area contributed by atoms with Crippen LogP contribution in [-0.4, -0.2) is 0 Å². The second kappa shape index (κ2) is 3.31. The van der Waals surface area contributed by atoms with Gasteiger partial charge in [-0.15, -0.1) is 6.58 Å². The van der Waals surface area contributed by atoms with Crippen LogP contribution < -0.4 is 5.73 Å². The number of hydrogen-bond acceptors (Lipinski definition) is 2. The largest absolute Gasteiger partial charge is 0.459 e. The molecule has 2 aromatic rings. The van der Waals surface area contributed by atoms with Crippen molar-refractivity contribution in [3.63, 3.8) is 0 Å². The Morgan fingerprint density at radius 1 is 1.43 bits per heavy atom. The van der Waals surface area contributed by atoms with Crippen LogP contribution in [0.15, 0.2) is 41.3 Å². The monoisotopic (exact) mass is 187 g/mol. The van der Waals surface area contributed by atoms with E-state index in [2.05, 4.69) is 6.58 Å². The zero-order valence-corrected chi connectivity index (χ0v) is 8.16. The Bertz CT molecular complexity index is 470. The van der Waals surface area contributed by atoms with E-state index in [4.69, 9.17) is 10.2 Å². The van der Waals surface area contributed by atoms with Gasteiger partial charge < -0.3 is 10.2 Å². The predicted octanol–water partition coefficient (Wildman–Crippen LogP) is 2.93. The Morgan fingerprint density at radius 2 is 2.14 bits per heavy atom. The molecule has 0 bridgehead atoms. The zero-order chi connectivity index (χ0) is 10.1. The maximum absolute atomic E-state index is 5.85. The van der Waals surface area contributed by atoms with Crippen LogP contribution in [-0.2, 0) is 0 Å². The van der Waals surface area contributed by atoms with E-state index in [-0.39, 0.29) is 6.04 Å². The first-order chi connectivity index (χ1) is 6.74.